The molecule has 114 heavy (non-hydrogen) atoms. The van der Waals surface area contributed by atoms with Crippen molar-refractivity contribution in [3.63, 3.8) is 0 Å². The number of hydrogen-bond donors (Lipinski definition) is 5. The molecule has 0 spiro atoms. The molecular weight excluding hydrogens is 1500 g/mol. The second kappa shape index (κ2) is 39.1. The van der Waals surface area contributed by atoms with E-state index in [4.69, 9.17) is 15.0 Å². The van der Waals surface area contributed by atoms with Crippen molar-refractivity contribution >= 4 is 106 Å². The molecule has 17 nitrogen and oxygen atoms in total. The highest BCUT2D eigenvalue weighted by Gasteiger charge is 2.23. The number of hydrogen-bond acceptors (Lipinski definition) is 13. The number of aromatic nitrogens is 4. The molecule has 0 unspecified atom stereocenters. The van der Waals surface area contributed by atoms with E-state index in [-0.39, 0.29) is 19.6 Å². The first-order valence-electron chi connectivity index (χ1n) is 40.5. The van der Waals surface area contributed by atoms with Gasteiger partial charge in [0.05, 0.1) is 70.1 Å². The lowest BCUT2D eigenvalue weighted by molar-refractivity contribution is 0.332. The van der Waals surface area contributed by atoms with Crippen molar-refractivity contribution in [1.29, 1.82) is 0 Å². The molecule has 0 aliphatic heterocycles. The zero-order valence-corrected chi connectivity index (χ0v) is 69.8. The summed E-state index contributed by atoms with van der Waals surface area (Å²) in [5.41, 5.74) is 12.9. The number of pyridine rings is 4. The van der Waals surface area contributed by atoms with Crippen molar-refractivity contribution in [3.05, 3.63) is 263 Å². The number of nitrogens with one attached hydrogen (secondary N) is 5. The van der Waals surface area contributed by atoms with Crippen LogP contribution < -0.4 is 24.2 Å². The maximum Gasteiger partial charge on any atom is 0.261 e. The van der Waals surface area contributed by atoms with Gasteiger partial charge >= 0.3 is 0 Å². The largest absolute Gasteiger partial charge is 0.311 e. The summed E-state index contributed by atoms with van der Waals surface area (Å²) in [6.07, 6.45) is 26.5. The quantitative estimate of drug-likeness (QED) is 0.0339. The van der Waals surface area contributed by atoms with Crippen molar-refractivity contribution in [3.8, 4) is 0 Å². The molecule has 3 aliphatic carbocycles. The molecule has 21 heteroatoms. The Balaban J connectivity index is 0.000000141. The van der Waals surface area contributed by atoms with Crippen molar-refractivity contribution < 1.29 is 33.7 Å². The fourth-order valence-corrected chi connectivity index (χ4v) is 19.6. The maximum atomic E-state index is 12.8. The summed E-state index contributed by atoms with van der Waals surface area (Å²) in [4.78, 5) is 20.1. The molecule has 3 saturated carbocycles. The van der Waals surface area contributed by atoms with E-state index in [0.717, 1.165) is 129 Å². The summed E-state index contributed by atoms with van der Waals surface area (Å²) < 4.78 is 113. The Kier molecular flexibility index (Phi) is 28.8. The highest BCUT2D eigenvalue weighted by atomic mass is 32.2. The minimum absolute atomic E-state index is 0.236. The lowest BCUT2D eigenvalue weighted by Crippen LogP contribution is -2.19. The highest BCUT2D eigenvalue weighted by molar-refractivity contribution is 7.93. The average molecular weight is 1610 g/mol. The van der Waals surface area contributed by atoms with Gasteiger partial charge in [0.1, 0.15) is 0 Å². The van der Waals surface area contributed by atoms with Crippen LogP contribution in [0.2, 0.25) is 0 Å². The Morgan fingerprint density at radius 1 is 0.307 bits per heavy atom. The first-order chi connectivity index (χ1) is 54.9. The molecule has 0 radical (unpaired) electrons. The zero-order valence-electron chi connectivity index (χ0n) is 66.5. The Hall–Kier alpha value is -9.64. The molecule has 3 aliphatic rings. The van der Waals surface area contributed by atoms with Gasteiger partial charge in [0.15, 0.2) is 0 Å². The van der Waals surface area contributed by atoms with Crippen molar-refractivity contribution in [2.45, 2.75) is 203 Å². The van der Waals surface area contributed by atoms with Gasteiger partial charge in [-0.05, 0) is 193 Å². The number of sulfonamides is 4. The average Bonchev–Trinajstić information content (AvgIpc) is 0.884. The van der Waals surface area contributed by atoms with E-state index in [1.807, 2.05) is 107 Å². The molecule has 0 saturated heterocycles. The summed E-state index contributed by atoms with van der Waals surface area (Å²) in [5.74, 6) is 3.04. The van der Waals surface area contributed by atoms with Gasteiger partial charge in [0, 0.05) is 45.2 Å². The van der Waals surface area contributed by atoms with Crippen LogP contribution in [0.3, 0.4) is 0 Å². The molecule has 598 valence electrons. The van der Waals surface area contributed by atoms with Gasteiger partial charge < -0.3 is 5.32 Å². The van der Waals surface area contributed by atoms with E-state index in [2.05, 4.69) is 61.2 Å². The molecule has 4 aromatic heterocycles. The van der Waals surface area contributed by atoms with Crippen LogP contribution in [0.25, 0.3) is 43.6 Å². The Bertz CT molecular complexity index is 5700. The van der Waals surface area contributed by atoms with Gasteiger partial charge in [-0.15, -0.1) is 0 Å². The summed E-state index contributed by atoms with van der Waals surface area (Å²) in [6.45, 7) is 13.6. The van der Waals surface area contributed by atoms with Crippen molar-refractivity contribution in [1.82, 2.24) is 25.3 Å². The highest BCUT2D eigenvalue weighted by Crippen LogP contribution is 2.35. The molecule has 12 aromatic rings. The summed E-state index contributed by atoms with van der Waals surface area (Å²) in [5, 5.41) is 7.08. The fraction of sp³-hybridized carbons (Fsp3) is 0.355. The minimum atomic E-state index is -3.67. The molecule has 5 N–H and O–H groups in total. The van der Waals surface area contributed by atoms with Gasteiger partial charge in [-0.3, -0.25) is 33.8 Å². The fourth-order valence-electron chi connectivity index (χ4n) is 15.3. The predicted molar refractivity (Wildman–Crippen MR) is 466 cm³/mol. The van der Waals surface area contributed by atoms with E-state index >= 15 is 0 Å². The molecule has 3 fully saturated rings. The standard InChI is InChI=1S/C25H30N2O2S.C24H28N2O2S.C23H26N2O2S.C21H25N3O2S/c1-19-13-17-23(18-14-19)30(28,29)27-24-12-6-10-21-15-16-22(26-25(21)24)11-5-9-20-7-3-2-4-8-20;1-18-10-16-22(17-11-18)29(27,28)26-23-9-5-8-20-13-15-21(25-24(20)23)14-12-19-6-3-2-4-7-19;1-17-9-15-21(16-10-17)28(26,27)25-22-8-4-7-19-12-14-20(24-23(19)22)13-11-18-5-2-3-6-18;1-15(2)13-22-14-18-10-9-17-5-4-6-20(21(17)23-18)24-27(25,26)19-11-7-16(3)8-12-19/h6,10,12-18,20,27H,2-5,7-9,11H2,1H3;5,8-11,13,15-17,19,26H,2-4,6-7,12,14H2,1H3;4,7-10,12,14-16,18,25H,2-3,5-6,11,13H2,1H3;4-12,15,22,24H,13-14H2,1-3H3. The molecule has 15 rings (SSSR count). The van der Waals surface area contributed by atoms with Crippen LogP contribution in [-0.2, 0) is 65.9 Å². The van der Waals surface area contributed by atoms with Gasteiger partial charge in [0.25, 0.3) is 40.1 Å². The first kappa shape index (κ1) is 83.8. The smallest absolute Gasteiger partial charge is 0.261 e. The topological polar surface area (TPSA) is 248 Å². The Morgan fingerprint density at radius 2 is 0.570 bits per heavy atom. The lowest BCUT2D eigenvalue weighted by atomic mass is 9.85. The van der Waals surface area contributed by atoms with Crippen molar-refractivity contribution in [2.75, 3.05) is 25.4 Å². The second-order valence-corrected chi connectivity index (χ2v) is 38.3. The number of anilines is 4. The van der Waals surface area contributed by atoms with Crippen LogP contribution in [0, 0.1) is 51.4 Å². The summed E-state index contributed by atoms with van der Waals surface area (Å²) in [6, 6.07) is 66.0. The Morgan fingerprint density at radius 3 is 0.868 bits per heavy atom. The lowest BCUT2D eigenvalue weighted by Gasteiger charge is -2.21. The third kappa shape index (κ3) is 23.5. The van der Waals surface area contributed by atoms with Crippen LogP contribution in [0.4, 0.5) is 22.7 Å². The van der Waals surface area contributed by atoms with Crippen LogP contribution >= 0.6 is 0 Å². The number of para-hydroxylation sites is 4. The van der Waals surface area contributed by atoms with E-state index < -0.39 is 40.1 Å². The number of aryl methyl sites for hydroxylation is 7. The first-order valence-corrected chi connectivity index (χ1v) is 46.5. The van der Waals surface area contributed by atoms with Crippen LogP contribution in [0.1, 0.15) is 174 Å². The van der Waals surface area contributed by atoms with E-state index in [9.17, 15) is 33.7 Å². The van der Waals surface area contributed by atoms with Gasteiger partial charge in [-0.2, -0.15) is 0 Å². The molecule has 0 amide bonds. The maximum absolute atomic E-state index is 12.8. The van der Waals surface area contributed by atoms with Crippen molar-refractivity contribution in [2.24, 2.45) is 23.7 Å². The zero-order chi connectivity index (χ0) is 80.2. The normalized spacial score (nSPS) is 14.5. The van der Waals surface area contributed by atoms with Gasteiger partial charge in [-0.1, -0.05) is 254 Å². The van der Waals surface area contributed by atoms with E-state index in [1.165, 1.54) is 96.3 Å². The van der Waals surface area contributed by atoms with Crippen LogP contribution in [0.5, 0.6) is 0 Å². The third-order valence-electron chi connectivity index (χ3n) is 21.9. The number of rotatable bonds is 26. The second-order valence-electron chi connectivity index (χ2n) is 31.5. The SMILES string of the molecule is Cc1ccc(S(=O)(=O)Nc2cccc3ccc(CCC4CCCC4)nc23)cc1.Cc1ccc(S(=O)(=O)Nc2cccc3ccc(CCC4CCCCC4)nc23)cc1.Cc1ccc(S(=O)(=O)Nc2cccc3ccc(CCCC4CCCCC4)nc23)cc1.Cc1ccc(S(=O)(=O)Nc2cccc3ccc(CNCC(C)C)nc23)cc1. The van der Waals surface area contributed by atoms with Gasteiger partial charge in [0.2, 0.25) is 0 Å². The number of nitrogens with zero attached hydrogens (tertiary/aromatic N) is 4. The summed E-state index contributed by atoms with van der Waals surface area (Å²) in [7, 11) is -14.6. The molecule has 4 heterocycles. The predicted octanol–water partition coefficient (Wildman–Crippen LogP) is 21.7. The number of benzene rings is 8. The molecule has 8 aromatic carbocycles. The van der Waals surface area contributed by atoms with E-state index in [0.29, 0.717) is 57.3 Å². The monoisotopic (exact) mass is 1610 g/mol. The van der Waals surface area contributed by atoms with Gasteiger partial charge in [-0.25, -0.2) is 38.7 Å². The van der Waals surface area contributed by atoms with Crippen LogP contribution in [0.15, 0.2) is 238 Å². The summed E-state index contributed by atoms with van der Waals surface area (Å²) >= 11 is 0. The van der Waals surface area contributed by atoms with E-state index in [1.54, 1.807) is 121 Å². The molecular formula is C93H109N9O8S4. The van der Waals surface area contributed by atoms with Crippen LogP contribution in [-0.4, -0.2) is 60.2 Å². The Labute approximate surface area is 675 Å². The number of fused-ring (bicyclic) bond motifs is 4. The minimum Gasteiger partial charge on any atom is -0.311 e. The molecule has 0 atom stereocenters. The third-order valence-corrected chi connectivity index (χ3v) is 27.4. The molecule has 0 bridgehead atoms.